The van der Waals surface area contributed by atoms with E-state index in [2.05, 4.69) is 0 Å². The average Bonchev–Trinajstić information content (AvgIpc) is 2.42. The third-order valence-corrected chi connectivity index (χ3v) is 3.80. The van der Waals surface area contributed by atoms with Crippen LogP contribution >= 0.6 is 0 Å². The van der Waals surface area contributed by atoms with Gasteiger partial charge in [0.15, 0.2) is 0 Å². The zero-order valence-electron chi connectivity index (χ0n) is 11.6. The lowest BCUT2D eigenvalue weighted by atomic mass is 10.1. The van der Waals surface area contributed by atoms with Gasteiger partial charge in [-0.1, -0.05) is 23.8 Å². The first kappa shape index (κ1) is 15.2. The summed E-state index contributed by atoms with van der Waals surface area (Å²) in [5.41, 5.74) is 2.50. The van der Waals surface area contributed by atoms with Crippen LogP contribution in [0.5, 0.6) is 0 Å². The van der Waals surface area contributed by atoms with Gasteiger partial charge in [0, 0.05) is 0 Å². The van der Waals surface area contributed by atoms with E-state index in [9.17, 15) is 13.6 Å². The molecular weight excluding hydrogens is 290 g/mol. The summed E-state index contributed by atoms with van der Waals surface area (Å²) in [6.07, 6.45) is 0. The number of anilines is 2. The maximum absolute atomic E-state index is 11.6. The zero-order valence-corrected chi connectivity index (χ0v) is 12.4. The molecule has 2 rings (SSSR count). The highest BCUT2D eigenvalue weighted by Gasteiger charge is 2.15. The molecule has 2 aromatic carbocycles. The van der Waals surface area contributed by atoms with E-state index in [1.165, 1.54) is 12.1 Å². The Kier molecular flexibility index (Phi) is 4.40. The van der Waals surface area contributed by atoms with Crippen molar-refractivity contribution in [2.24, 2.45) is 0 Å². The van der Waals surface area contributed by atoms with Gasteiger partial charge in [-0.2, -0.15) is 0 Å². The molecule has 0 radical (unpaired) electrons. The van der Waals surface area contributed by atoms with Gasteiger partial charge in [0.05, 0.1) is 28.2 Å². The maximum Gasteiger partial charge on any atom is 0.335 e. The first-order chi connectivity index (χ1) is 9.90. The quantitative estimate of drug-likeness (QED) is 0.881. The number of rotatable bonds is 4. The molecule has 2 aromatic rings. The highest BCUT2D eigenvalue weighted by atomic mass is 32.2. The average molecular weight is 304 g/mol. The fraction of sp³-hybridized carbons (Fsp3) is 0.133. The summed E-state index contributed by atoms with van der Waals surface area (Å²) in [5.74, 6) is -1.10. The molecule has 0 heterocycles. The van der Waals surface area contributed by atoms with Crippen LogP contribution in [0.4, 0.5) is 11.4 Å². The molecule has 0 aliphatic heterocycles. The smallest absolute Gasteiger partial charge is 0.335 e. The van der Waals surface area contributed by atoms with Crippen molar-refractivity contribution in [3.63, 3.8) is 0 Å². The molecule has 0 spiro atoms. The Labute approximate surface area is 125 Å². The summed E-state index contributed by atoms with van der Waals surface area (Å²) in [6, 6.07) is 11.3. The topological polar surface area (TPSA) is 80.7 Å². The molecule has 0 fully saturated rings. The molecule has 0 aliphatic rings. The predicted octanol–water partition coefficient (Wildman–Crippen LogP) is 2.93. The molecule has 6 heteroatoms. The van der Waals surface area contributed by atoms with Crippen LogP contribution in [0.25, 0.3) is 0 Å². The van der Waals surface area contributed by atoms with Crippen LogP contribution in [0.15, 0.2) is 42.5 Å². The number of carboxylic acid groups (broad SMARTS) is 1. The fourth-order valence-corrected chi connectivity index (χ4v) is 2.60. The molecule has 0 bridgehead atoms. The van der Waals surface area contributed by atoms with Crippen LogP contribution in [0, 0.1) is 13.8 Å². The van der Waals surface area contributed by atoms with Crippen LogP contribution in [-0.2, 0) is 11.3 Å². The van der Waals surface area contributed by atoms with Crippen molar-refractivity contribution < 1.29 is 18.7 Å². The van der Waals surface area contributed by atoms with Gasteiger partial charge in [-0.25, -0.2) is 4.79 Å². The number of carbonyl (C=O) groups is 1. The summed E-state index contributed by atoms with van der Waals surface area (Å²) in [5, 5.41) is 9.05. The van der Waals surface area contributed by atoms with Gasteiger partial charge < -0.3 is 9.66 Å². The predicted molar refractivity (Wildman–Crippen MR) is 80.4 cm³/mol. The van der Waals surface area contributed by atoms with Crippen LogP contribution in [0.2, 0.25) is 0 Å². The van der Waals surface area contributed by atoms with Gasteiger partial charge in [-0.05, 0) is 43.7 Å². The fourth-order valence-electron chi connectivity index (χ4n) is 1.95. The summed E-state index contributed by atoms with van der Waals surface area (Å²) in [4.78, 5) is 11.1. The van der Waals surface area contributed by atoms with Gasteiger partial charge in [0.2, 0.25) is 0 Å². The van der Waals surface area contributed by atoms with E-state index in [1.807, 2.05) is 6.92 Å². The largest absolute Gasteiger partial charge is 0.755 e. The number of nitrogens with zero attached hydrogens (tertiary/aromatic N) is 1. The van der Waals surface area contributed by atoms with Gasteiger partial charge in [-0.3, -0.25) is 8.51 Å². The van der Waals surface area contributed by atoms with Crippen molar-refractivity contribution in [2.45, 2.75) is 13.8 Å². The zero-order chi connectivity index (χ0) is 15.6. The molecule has 1 N–H and O–H groups in total. The summed E-state index contributed by atoms with van der Waals surface area (Å²) in [6.45, 7) is 3.63. The number of aromatic carboxylic acids is 1. The Bertz CT molecular complexity index is 697. The first-order valence-corrected chi connectivity index (χ1v) is 7.23. The van der Waals surface area contributed by atoms with E-state index in [0.29, 0.717) is 16.9 Å². The molecular formula is C15H14NO4S-. The lowest BCUT2D eigenvalue weighted by Crippen LogP contribution is -2.20. The lowest BCUT2D eigenvalue weighted by molar-refractivity contribution is 0.0697. The molecule has 110 valence electrons. The number of benzene rings is 2. The highest BCUT2D eigenvalue weighted by Crippen LogP contribution is 2.30. The Hall–Kier alpha value is -2.18. The Morgan fingerprint density at radius 3 is 2.29 bits per heavy atom. The highest BCUT2D eigenvalue weighted by molar-refractivity contribution is 7.81. The van der Waals surface area contributed by atoms with Crippen molar-refractivity contribution in [1.82, 2.24) is 0 Å². The third kappa shape index (κ3) is 3.29. The maximum atomic E-state index is 11.6. The van der Waals surface area contributed by atoms with Crippen LogP contribution in [0.1, 0.15) is 21.5 Å². The van der Waals surface area contributed by atoms with E-state index in [1.54, 1.807) is 37.3 Å². The molecule has 21 heavy (non-hydrogen) atoms. The summed E-state index contributed by atoms with van der Waals surface area (Å²) in [7, 11) is 0. The van der Waals surface area contributed by atoms with Gasteiger partial charge in [0.1, 0.15) is 0 Å². The van der Waals surface area contributed by atoms with Crippen molar-refractivity contribution in [3.8, 4) is 0 Å². The first-order valence-electron chi connectivity index (χ1n) is 6.20. The Morgan fingerprint density at radius 2 is 1.76 bits per heavy atom. The van der Waals surface area contributed by atoms with Crippen molar-refractivity contribution in [1.29, 1.82) is 0 Å². The number of carboxylic acids is 1. The van der Waals surface area contributed by atoms with E-state index in [0.717, 1.165) is 9.87 Å². The number of hydrogen-bond acceptors (Lipinski definition) is 3. The second-order valence-electron chi connectivity index (χ2n) is 4.65. The SMILES string of the molecule is Cc1ccc(N(c2cc(C(=O)O)ccc2C)S(=O)[O-])cc1. The van der Waals surface area contributed by atoms with Crippen molar-refractivity contribution in [2.75, 3.05) is 4.31 Å². The van der Waals surface area contributed by atoms with E-state index < -0.39 is 17.2 Å². The van der Waals surface area contributed by atoms with Gasteiger partial charge >= 0.3 is 5.97 Å². The minimum atomic E-state index is -2.55. The van der Waals surface area contributed by atoms with E-state index in [-0.39, 0.29) is 5.56 Å². The molecule has 0 amide bonds. The number of aryl methyl sites for hydroxylation is 2. The van der Waals surface area contributed by atoms with Crippen molar-refractivity contribution in [3.05, 3.63) is 59.2 Å². The second kappa shape index (κ2) is 6.07. The Morgan fingerprint density at radius 1 is 1.14 bits per heavy atom. The Balaban J connectivity index is 2.57. The summed E-state index contributed by atoms with van der Waals surface area (Å²) >= 11 is -2.55. The van der Waals surface area contributed by atoms with Crippen LogP contribution in [-0.4, -0.2) is 19.8 Å². The number of hydrogen-bond donors (Lipinski definition) is 1. The molecule has 1 unspecified atom stereocenters. The minimum absolute atomic E-state index is 0.0400. The van der Waals surface area contributed by atoms with Crippen LogP contribution < -0.4 is 4.31 Å². The molecule has 0 saturated heterocycles. The normalized spacial score (nSPS) is 12.0. The van der Waals surface area contributed by atoms with Crippen molar-refractivity contribution >= 4 is 28.6 Å². The molecule has 0 saturated carbocycles. The molecule has 0 aromatic heterocycles. The van der Waals surface area contributed by atoms with E-state index >= 15 is 0 Å². The van der Waals surface area contributed by atoms with Gasteiger partial charge in [0.25, 0.3) is 0 Å². The monoisotopic (exact) mass is 304 g/mol. The molecule has 1 atom stereocenters. The van der Waals surface area contributed by atoms with Gasteiger partial charge in [-0.15, -0.1) is 0 Å². The molecule has 0 aliphatic carbocycles. The van der Waals surface area contributed by atoms with Crippen LogP contribution in [0.3, 0.4) is 0 Å². The third-order valence-electron chi connectivity index (χ3n) is 3.09. The standard InChI is InChI=1S/C15H15NO4S/c1-10-3-7-13(8-4-10)16(21(19)20)14-9-12(15(17)18)6-5-11(14)2/h3-9H,1-2H3,(H,17,18)(H,19,20)/p-1. The second-order valence-corrected chi connectivity index (χ2v) is 5.45. The minimum Gasteiger partial charge on any atom is -0.755 e. The summed E-state index contributed by atoms with van der Waals surface area (Å²) < 4.78 is 24.3. The lowest BCUT2D eigenvalue weighted by Gasteiger charge is -2.28. The van der Waals surface area contributed by atoms with E-state index in [4.69, 9.17) is 5.11 Å². The molecule has 5 nitrogen and oxygen atoms in total.